The Morgan fingerprint density at radius 3 is 2.58 bits per heavy atom. The quantitative estimate of drug-likeness (QED) is 0.786. The van der Waals surface area contributed by atoms with Gasteiger partial charge in [-0.05, 0) is 69.1 Å². The topological polar surface area (TPSA) is 21.3 Å². The zero-order chi connectivity index (χ0) is 13.0. The molecule has 4 saturated carbocycles. The number of hydrogen-bond donors (Lipinski definition) is 1. The maximum absolute atomic E-state index is 7.09. The summed E-state index contributed by atoms with van der Waals surface area (Å²) in [7, 11) is 0. The Morgan fingerprint density at radius 2 is 1.95 bits per heavy atom. The van der Waals surface area contributed by atoms with E-state index in [4.69, 9.17) is 16.3 Å². The van der Waals surface area contributed by atoms with Crippen molar-refractivity contribution in [3.05, 3.63) is 0 Å². The molecule has 0 aromatic carbocycles. The van der Waals surface area contributed by atoms with Crippen LogP contribution in [0.5, 0.6) is 0 Å². The molecule has 2 nitrogen and oxygen atoms in total. The van der Waals surface area contributed by atoms with E-state index in [9.17, 15) is 0 Å². The van der Waals surface area contributed by atoms with Crippen molar-refractivity contribution in [2.45, 2.75) is 62.5 Å². The lowest BCUT2D eigenvalue weighted by atomic mass is 9.50. The predicted octanol–water partition coefficient (Wildman–Crippen LogP) is 3.19. The third kappa shape index (κ3) is 2.15. The summed E-state index contributed by atoms with van der Waals surface area (Å²) in [6.07, 6.45) is 8.49. The highest BCUT2D eigenvalue weighted by Gasteiger charge is 2.56. The molecule has 5 unspecified atom stereocenters. The van der Waals surface area contributed by atoms with E-state index in [1.165, 1.54) is 38.5 Å². The number of rotatable bonds is 2. The van der Waals surface area contributed by atoms with Crippen LogP contribution in [0.25, 0.3) is 0 Å². The summed E-state index contributed by atoms with van der Waals surface area (Å²) in [6.45, 7) is 4.13. The van der Waals surface area contributed by atoms with Crippen LogP contribution in [0.4, 0.5) is 0 Å². The summed E-state index contributed by atoms with van der Waals surface area (Å²) in [6, 6.07) is 0.492. The standard InChI is InChI=1S/C16H26ClNO/c1-10-15(19-3-2-18-10)7-14-13-5-11-4-12(6-13)9-16(14,17)8-11/h10-15,18H,2-9H2,1H3. The fraction of sp³-hybridized carbons (Fsp3) is 1.00. The number of nitrogens with one attached hydrogen (secondary N) is 1. The highest BCUT2D eigenvalue weighted by molar-refractivity contribution is 6.24. The molecular weight excluding hydrogens is 258 g/mol. The van der Waals surface area contributed by atoms with Crippen LogP contribution < -0.4 is 5.32 Å². The van der Waals surface area contributed by atoms with Crippen molar-refractivity contribution in [3.8, 4) is 0 Å². The van der Waals surface area contributed by atoms with Crippen molar-refractivity contribution in [2.75, 3.05) is 13.2 Å². The molecule has 108 valence electrons. The maximum atomic E-state index is 7.09. The molecule has 5 aliphatic rings. The summed E-state index contributed by atoms with van der Waals surface area (Å²) in [4.78, 5) is 0.120. The van der Waals surface area contributed by atoms with Gasteiger partial charge < -0.3 is 10.1 Å². The lowest BCUT2D eigenvalue weighted by molar-refractivity contribution is -0.0686. The molecule has 5 fully saturated rings. The van der Waals surface area contributed by atoms with Gasteiger partial charge in [0.05, 0.1) is 12.7 Å². The number of halogens is 1. The van der Waals surface area contributed by atoms with E-state index in [0.717, 1.165) is 30.9 Å². The van der Waals surface area contributed by atoms with Crippen molar-refractivity contribution in [2.24, 2.45) is 23.7 Å². The Bertz CT molecular complexity index is 347. The fourth-order valence-corrected chi connectivity index (χ4v) is 6.45. The first-order chi connectivity index (χ1) is 9.14. The van der Waals surface area contributed by atoms with Crippen LogP contribution in [0.2, 0.25) is 0 Å². The van der Waals surface area contributed by atoms with Gasteiger partial charge >= 0.3 is 0 Å². The summed E-state index contributed by atoms with van der Waals surface area (Å²) in [5, 5.41) is 3.55. The van der Waals surface area contributed by atoms with Crippen molar-refractivity contribution in [1.29, 1.82) is 0 Å². The first-order valence-corrected chi connectivity index (χ1v) is 8.56. The summed E-state index contributed by atoms with van der Waals surface area (Å²) in [5.41, 5.74) is 0. The highest BCUT2D eigenvalue weighted by Crippen LogP contribution is 2.62. The Hall–Kier alpha value is 0.210. The minimum Gasteiger partial charge on any atom is -0.375 e. The summed E-state index contributed by atoms with van der Waals surface area (Å²) >= 11 is 7.09. The Balaban J connectivity index is 1.51. The Morgan fingerprint density at radius 1 is 1.21 bits per heavy atom. The zero-order valence-electron chi connectivity index (χ0n) is 11.9. The lowest BCUT2D eigenvalue weighted by Crippen LogP contribution is -2.56. The highest BCUT2D eigenvalue weighted by atomic mass is 35.5. The Labute approximate surface area is 121 Å². The van der Waals surface area contributed by atoms with Gasteiger partial charge in [-0.3, -0.25) is 0 Å². The molecule has 0 spiro atoms. The molecule has 1 aliphatic heterocycles. The van der Waals surface area contributed by atoms with Crippen molar-refractivity contribution in [3.63, 3.8) is 0 Å². The maximum Gasteiger partial charge on any atom is 0.0729 e. The zero-order valence-corrected chi connectivity index (χ0v) is 12.7. The van der Waals surface area contributed by atoms with E-state index in [0.29, 0.717) is 18.1 Å². The minimum atomic E-state index is 0.120. The van der Waals surface area contributed by atoms with Gasteiger partial charge in [0.2, 0.25) is 0 Å². The van der Waals surface area contributed by atoms with Crippen LogP contribution in [-0.4, -0.2) is 30.2 Å². The number of morpholine rings is 1. The van der Waals surface area contributed by atoms with Crippen molar-refractivity contribution in [1.82, 2.24) is 5.32 Å². The van der Waals surface area contributed by atoms with Crippen molar-refractivity contribution < 1.29 is 4.74 Å². The number of ether oxygens (including phenoxy) is 1. The second kappa shape index (κ2) is 4.61. The van der Waals surface area contributed by atoms with Gasteiger partial charge in [-0.1, -0.05) is 0 Å². The molecule has 0 aromatic heterocycles. The fourth-order valence-electron chi connectivity index (χ4n) is 5.75. The number of hydrogen-bond acceptors (Lipinski definition) is 2. The molecule has 3 heteroatoms. The summed E-state index contributed by atoms with van der Waals surface area (Å²) in [5.74, 6) is 3.47. The van der Waals surface area contributed by atoms with Gasteiger partial charge in [-0.2, -0.15) is 0 Å². The molecule has 4 aliphatic carbocycles. The lowest BCUT2D eigenvalue weighted by Gasteiger charge is -2.59. The van der Waals surface area contributed by atoms with E-state index < -0.39 is 0 Å². The average molecular weight is 284 g/mol. The van der Waals surface area contributed by atoms with Crippen LogP contribution in [0.3, 0.4) is 0 Å². The molecule has 1 N–H and O–H groups in total. The molecule has 1 saturated heterocycles. The van der Waals surface area contributed by atoms with Crippen LogP contribution in [0, 0.1) is 23.7 Å². The van der Waals surface area contributed by atoms with Crippen molar-refractivity contribution >= 4 is 11.6 Å². The van der Waals surface area contributed by atoms with E-state index in [-0.39, 0.29) is 4.87 Å². The molecule has 0 amide bonds. The first-order valence-electron chi connectivity index (χ1n) is 8.18. The molecule has 19 heavy (non-hydrogen) atoms. The van der Waals surface area contributed by atoms with E-state index >= 15 is 0 Å². The SMILES string of the molecule is CC1NCCOC1CC1C2CC3CC(C2)CC1(Cl)C3. The Kier molecular flexibility index (Phi) is 3.13. The second-order valence-corrected chi connectivity index (χ2v) is 8.39. The molecule has 4 bridgehead atoms. The van der Waals surface area contributed by atoms with Gasteiger partial charge in [0.1, 0.15) is 0 Å². The average Bonchev–Trinajstić information content (AvgIpc) is 2.34. The summed E-state index contributed by atoms with van der Waals surface area (Å²) < 4.78 is 6.02. The molecular formula is C16H26ClNO. The van der Waals surface area contributed by atoms with E-state index in [1.54, 1.807) is 0 Å². The molecule has 1 heterocycles. The van der Waals surface area contributed by atoms with Gasteiger partial charge in [-0.25, -0.2) is 0 Å². The molecule has 5 rings (SSSR count). The van der Waals surface area contributed by atoms with E-state index in [1.807, 2.05) is 0 Å². The normalized spacial score (nSPS) is 56.5. The van der Waals surface area contributed by atoms with Crippen LogP contribution in [-0.2, 0) is 4.74 Å². The third-order valence-electron chi connectivity index (χ3n) is 6.37. The molecule has 5 atom stereocenters. The second-order valence-electron chi connectivity index (χ2n) is 7.64. The van der Waals surface area contributed by atoms with Gasteiger partial charge in [-0.15, -0.1) is 11.6 Å². The van der Waals surface area contributed by atoms with Crippen LogP contribution in [0.15, 0.2) is 0 Å². The van der Waals surface area contributed by atoms with Gasteiger partial charge in [0.15, 0.2) is 0 Å². The van der Waals surface area contributed by atoms with E-state index in [2.05, 4.69) is 12.2 Å². The predicted molar refractivity (Wildman–Crippen MR) is 77.5 cm³/mol. The minimum absolute atomic E-state index is 0.120. The molecule has 0 aromatic rings. The van der Waals surface area contributed by atoms with Gasteiger partial charge in [0, 0.05) is 17.5 Å². The monoisotopic (exact) mass is 283 g/mol. The first kappa shape index (κ1) is 12.9. The van der Waals surface area contributed by atoms with Crippen LogP contribution >= 0.6 is 11.6 Å². The largest absolute Gasteiger partial charge is 0.375 e. The van der Waals surface area contributed by atoms with Crippen LogP contribution in [0.1, 0.15) is 45.4 Å². The molecule has 0 radical (unpaired) electrons. The smallest absolute Gasteiger partial charge is 0.0729 e. The number of alkyl halides is 1. The third-order valence-corrected chi connectivity index (χ3v) is 6.96. The van der Waals surface area contributed by atoms with Gasteiger partial charge in [0.25, 0.3) is 0 Å².